The summed E-state index contributed by atoms with van der Waals surface area (Å²) in [6, 6.07) is 13.8. The standard InChI is InChI=1S/C20H24N2O2/c1-15-9-11-17(12-10-15)22-20(23)21-13-14-24-19-8-4-6-16-5-2-3-7-18(16)19/h4,6,8-12H,2-3,5,7,13-14H2,1H3,(H2,21,22,23). The molecule has 0 atom stereocenters. The molecule has 0 unspecified atom stereocenters. The summed E-state index contributed by atoms with van der Waals surface area (Å²) in [5, 5.41) is 5.63. The quantitative estimate of drug-likeness (QED) is 0.814. The van der Waals surface area contributed by atoms with E-state index in [-0.39, 0.29) is 6.03 Å². The van der Waals surface area contributed by atoms with E-state index in [2.05, 4.69) is 22.8 Å². The molecule has 2 aromatic rings. The Morgan fingerprint density at radius 2 is 1.88 bits per heavy atom. The summed E-state index contributed by atoms with van der Waals surface area (Å²) < 4.78 is 5.88. The molecule has 0 heterocycles. The average molecular weight is 324 g/mol. The van der Waals surface area contributed by atoms with E-state index in [0.717, 1.165) is 24.3 Å². The minimum atomic E-state index is -0.211. The van der Waals surface area contributed by atoms with Gasteiger partial charge in [0.05, 0.1) is 6.54 Å². The fraction of sp³-hybridized carbons (Fsp3) is 0.350. The predicted octanol–water partition coefficient (Wildman–Crippen LogP) is 4.07. The number of aryl methyl sites for hydroxylation is 2. The van der Waals surface area contributed by atoms with Crippen molar-refractivity contribution in [2.75, 3.05) is 18.5 Å². The molecular formula is C20H24N2O2. The molecule has 126 valence electrons. The molecule has 1 aliphatic rings. The van der Waals surface area contributed by atoms with Crippen molar-refractivity contribution in [1.82, 2.24) is 5.32 Å². The first kappa shape index (κ1) is 16.4. The SMILES string of the molecule is Cc1ccc(NC(=O)NCCOc2cccc3c2CCCC3)cc1. The Kier molecular flexibility index (Phi) is 5.36. The van der Waals surface area contributed by atoms with Crippen LogP contribution >= 0.6 is 0 Å². The van der Waals surface area contributed by atoms with Gasteiger partial charge in [-0.05, 0) is 61.9 Å². The number of ether oxygens (including phenoxy) is 1. The fourth-order valence-corrected chi connectivity index (χ4v) is 3.02. The van der Waals surface area contributed by atoms with Gasteiger partial charge in [-0.1, -0.05) is 29.8 Å². The van der Waals surface area contributed by atoms with Gasteiger partial charge in [0.25, 0.3) is 0 Å². The maximum Gasteiger partial charge on any atom is 0.319 e. The Morgan fingerprint density at radius 3 is 2.71 bits per heavy atom. The van der Waals surface area contributed by atoms with Crippen molar-refractivity contribution in [3.63, 3.8) is 0 Å². The van der Waals surface area contributed by atoms with Gasteiger partial charge in [0.15, 0.2) is 0 Å². The van der Waals surface area contributed by atoms with Crippen molar-refractivity contribution in [1.29, 1.82) is 0 Å². The number of carbonyl (C=O) groups is 1. The lowest BCUT2D eigenvalue weighted by molar-refractivity contribution is 0.247. The molecule has 2 N–H and O–H groups in total. The van der Waals surface area contributed by atoms with E-state index in [4.69, 9.17) is 4.74 Å². The van der Waals surface area contributed by atoms with Crippen molar-refractivity contribution in [3.05, 3.63) is 59.2 Å². The van der Waals surface area contributed by atoms with E-state index in [9.17, 15) is 4.79 Å². The molecule has 4 nitrogen and oxygen atoms in total. The number of urea groups is 1. The van der Waals surface area contributed by atoms with Crippen molar-refractivity contribution in [3.8, 4) is 5.75 Å². The number of benzene rings is 2. The Bertz CT molecular complexity index is 695. The first-order chi connectivity index (χ1) is 11.7. The van der Waals surface area contributed by atoms with E-state index in [1.807, 2.05) is 37.3 Å². The zero-order valence-corrected chi connectivity index (χ0v) is 14.1. The smallest absolute Gasteiger partial charge is 0.319 e. The minimum absolute atomic E-state index is 0.211. The second kappa shape index (κ2) is 7.86. The predicted molar refractivity (Wildman–Crippen MR) is 96.8 cm³/mol. The lowest BCUT2D eigenvalue weighted by Gasteiger charge is -2.19. The molecule has 0 fully saturated rings. The summed E-state index contributed by atoms with van der Waals surface area (Å²) in [6.45, 7) is 2.96. The highest BCUT2D eigenvalue weighted by Gasteiger charge is 2.13. The number of fused-ring (bicyclic) bond motifs is 1. The topological polar surface area (TPSA) is 50.4 Å². The van der Waals surface area contributed by atoms with Crippen molar-refractivity contribution >= 4 is 11.7 Å². The number of hydrogen-bond donors (Lipinski definition) is 2. The van der Waals surface area contributed by atoms with Gasteiger partial charge in [0.2, 0.25) is 0 Å². The monoisotopic (exact) mass is 324 g/mol. The third kappa shape index (κ3) is 4.28. The fourth-order valence-electron chi connectivity index (χ4n) is 3.02. The molecule has 0 aliphatic heterocycles. The molecule has 1 aliphatic carbocycles. The number of anilines is 1. The first-order valence-corrected chi connectivity index (χ1v) is 8.57. The molecule has 0 aromatic heterocycles. The van der Waals surface area contributed by atoms with Crippen molar-refractivity contribution < 1.29 is 9.53 Å². The number of rotatable bonds is 5. The molecule has 0 saturated carbocycles. The van der Waals surface area contributed by atoms with Crippen LogP contribution in [0.25, 0.3) is 0 Å². The van der Waals surface area contributed by atoms with Gasteiger partial charge in [-0.15, -0.1) is 0 Å². The van der Waals surface area contributed by atoms with E-state index in [0.29, 0.717) is 13.2 Å². The van der Waals surface area contributed by atoms with Crippen LogP contribution in [0.2, 0.25) is 0 Å². The highest BCUT2D eigenvalue weighted by Crippen LogP contribution is 2.29. The second-order valence-corrected chi connectivity index (χ2v) is 6.20. The van der Waals surface area contributed by atoms with Crippen LogP contribution in [0.4, 0.5) is 10.5 Å². The molecule has 24 heavy (non-hydrogen) atoms. The van der Waals surface area contributed by atoms with E-state index < -0.39 is 0 Å². The average Bonchev–Trinajstić information content (AvgIpc) is 2.61. The normalized spacial score (nSPS) is 13.0. The van der Waals surface area contributed by atoms with Crippen LogP contribution in [-0.2, 0) is 12.8 Å². The third-order valence-corrected chi connectivity index (χ3v) is 4.31. The highest BCUT2D eigenvalue weighted by molar-refractivity contribution is 5.89. The summed E-state index contributed by atoms with van der Waals surface area (Å²) in [6.07, 6.45) is 4.72. The van der Waals surface area contributed by atoms with E-state index in [1.54, 1.807) is 0 Å². The summed E-state index contributed by atoms with van der Waals surface area (Å²) in [4.78, 5) is 11.9. The summed E-state index contributed by atoms with van der Waals surface area (Å²) in [5.41, 5.74) is 4.70. The second-order valence-electron chi connectivity index (χ2n) is 6.20. The Hall–Kier alpha value is -2.49. The molecule has 0 saturated heterocycles. The lowest BCUT2D eigenvalue weighted by atomic mass is 9.91. The van der Waals surface area contributed by atoms with Gasteiger partial charge < -0.3 is 15.4 Å². The van der Waals surface area contributed by atoms with Crippen LogP contribution in [0, 0.1) is 6.92 Å². The van der Waals surface area contributed by atoms with Crippen molar-refractivity contribution in [2.24, 2.45) is 0 Å². The zero-order valence-electron chi connectivity index (χ0n) is 14.1. The van der Waals surface area contributed by atoms with Gasteiger partial charge in [0.1, 0.15) is 12.4 Å². The summed E-state index contributed by atoms with van der Waals surface area (Å²) in [7, 11) is 0. The maximum absolute atomic E-state index is 11.9. The molecular weight excluding hydrogens is 300 g/mol. The molecule has 0 bridgehead atoms. The highest BCUT2D eigenvalue weighted by atomic mass is 16.5. The van der Waals surface area contributed by atoms with E-state index >= 15 is 0 Å². The number of amides is 2. The molecule has 2 amide bonds. The van der Waals surface area contributed by atoms with Gasteiger partial charge in [-0.2, -0.15) is 0 Å². The van der Waals surface area contributed by atoms with Gasteiger partial charge >= 0.3 is 6.03 Å². The number of nitrogens with one attached hydrogen (secondary N) is 2. The van der Waals surface area contributed by atoms with Crippen molar-refractivity contribution in [2.45, 2.75) is 32.6 Å². The number of carbonyl (C=O) groups excluding carboxylic acids is 1. The molecule has 3 rings (SSSR count). The molecule has 0 radical (unpaired) electrons. The minimum Gasteiger partial charge on any atom is -0.491 e. The Labute approximate surface area is 143 Å². The molecule has 2 aromatic carbocycles. The molecule has 4 heteroatoms. The van der Waals surface area contributed by atoms with Crippen LogP contribution in [-0.4, -0.2) is 19.2 Å². The van der Waals surface area contributed by atoms with E-state index in [1.165, 1.54) is 29.5 Å². The van der Waals surface area contributed by atoms with Gasteiger partial charge in [-0.25, -0.2) is 4.79 Å². The van der Waals surface area contributed by atoms with Crippen LogP contribution in [0.1, 0.15) is 29.5 Å². The molecule has 0 spiro atoms. The Morgan fingerprint density at radius 1 is 1.08 bits per heavy atom. The van der Waals surface area contributed by atoms with Crippen LogP contribution in [0.15, 0.2) is 42.5 Å². The van der Waals surface area contributed by atoms with Crippen LogP contribution in [0.3, 0.4) is 0 Å². The first-order valence-electron chi connectivity index (χ1n) is 8.57. The lowest BCUT2D eigenvalue weighted by Crippen LogP contribution is -2.32. The zero-order chi connectivity index (χ0) is 16.8. The van der Waals surface area contributed by atoms with Crippen LogP contribution in [0.5, 0.6) is 5.75 Å². The number of hydrogen-bond acceptors (Lipinski definition) is 2. The summed E-state index contributed by atoms with van der Waals surface area (Å²) >= 11 is 0. The van der Waals surface area contributed by atoms with Gasteiger partial charge in [0, 0.05) is 5.69 Å². The largest absolute Gasteiger partial charge is 0.491 e. The maximum atomic E-state index is 11.9. The third-order valence-electron chi connectivity index (χ3n) is 4.31. The summed E-state index contributed by atoms with van der Waals surface area (Å²) in [5.74, 6) is 0.966. The van der Waals surface area contributed by atoms with Gasteiger partial charge in [-0.3, -0.25) is 0 Å². The van der Waals surface area contributed by atoms with Crippen LogP contribution < -0.4 is 15.4 Å². The Balaban J connectivity index is 1.44.